The summed E-state index contributed by atoms with van der Waals surface area (Å²) in [4.78, 5) is 21.6. The van der Waals surface area contributed by atoms with Gasteiger partial charge in [0.15, 0.2) is 0 Å². The molecule has 1 rings (SSSR count). The SMILES string of the molecule is CCC(C)OC(=O)C1COC(=O)O1. The van der Waals surface area contributed by atoms with E-state index in [-0.39, 0.29) is 12.7 Å². The highest BCUT2D eigenvalue weighted by Gasteiger charge is 2.33. The second kappa shape index (κ2) is 4.11. The van der Waals surface area contributed by atoms with E-state index in [1.165, 1.54) is 0 Å². The van der Waals surface area contributed by atoms with Gasteiger partial charge in [-0.05, 0) is 13.3 Å². The van der Waals surface area contributed by atoms with E-state index in [9.17, 15) is 9.59 Å². The second-order valence-electron chi connectivity index (χ2n) is 2.82. The Morgan fingerprint density at radius 3 is 2.92 bits per heavy atom. The van der Waals surface area contributed by atoms with Gasteiger partial charge in [0.25, 0.3) is 0 Å². The van der Waals surface area contributed by atoms with Crippen LogP contribution in [0.5, 0.6) is 0 Å². The molecule has 74 valence electrons. The van der Waals surface area contributed by atoms with Gasteiger partial charge in [-0.3, -0.25) is 0 Å². The Morgan fingerprint density at radius 2 is 2.46 bits per heavy atom. The molecule has 0 aromatic heterocycles. The maximum absolute atomic E-state index is 11.2. The van der Waals surface area contributed by atoms with Gasteiger partial charge < -0.3 is 14.2 Å². The van der Waals surface area contributed by atoms with Crippen LogP contribution in [-0.4, -0.2) is 30.9 Å². The van der Waals surface area contributed by atoms with Crippen molar-refractivity contribution in [2.75, 3.05) is 6.61 Å². The molecule has 0 aliphatic carbocycles. The molecule has 0 radical (unpaired) electrons. The molecule has 0 aromatic carbocycles. The molecule has 2 atom stereocenters. The van der Waals surface area contributed by atoms with E-state index in [2.05, 4.69) is 9.47 Å². The molecule has 0 spiro atoms. The molecular weight excluding hydrogens is 176 g/mol. The molecule has 0 amide bonds. The summed E-state index contributed by atoms with van der Waals surface area (Å²) in [7, 11) is 0. The third-order valence-electron chi connectivity index (χ3n) is 1.75. The Kier molecular flexibility index (Phi) is 3.11. The van der Waals surface area contributed by atoms with Crippen molar-refractivity contribution in [3.8, 4) is 0 Å². The van der Waals surface area contributed by atoms with Crippen molar-refractivity contribution in [2.45, 2.75) is 32.5 Å². The van der Waals surface area contributed by atoms with E-state index >= 15 is 0 Å². The first kappa shape index (κ1) is 9.83. The molecule has 1 aliphatic rings. The van der Waals surface area contributed by atoms with Crippen LogP contribution in [0, 0.1) is 0 Å². The number of carbonyl (C=O) groups excluding carboxylic acids is 2. The fourth-order valence-electron chi connectivity index (χ4n) is 0.802. The first-order valence-corrected chi connectivity index (χ1v) is 4.17. The van der Waals surface area contributed by atoms with Crippen LogP contribution >= 0.6 is 0 Å². The highest BCUT2D eigenvalue weighted by atomic mass is 16.8. The summed E-state index contributed by atoms with van der Waals surface area (Å²) in [5, 5.41) is 0. The Bertz CT molecular complexity index is 213. The van der Waals surface area contributed by atoms with Crippen LogP contribution in [0.25, 0.3) is 0 Å². The van der Waals surface area contributed by atoms with Crippen LogP contribution in [0.1, 0.15) is 20.3 Å². The maximum Gasteiger partial charge on any atom is 0.509 e. The summed E-state index contributed by atoms with van der Waals surface area (Å²) in [6.07, 6.45) is -1.13. The van der Waals surface area contributed by atoms with Gasteiger partial charge in [-0.25, -0.2) is 9.59 Å². The number of carbonyl (C=O) groups is 2. The monoisotopic (exact) mass is 188 g/mol. The van der Waals surface area contributed by atoms with E-state index in [1.54, 1.807) is 6.92 Å². The van der Waals surface area contributed by atoms with Crippen molar-refractivity contribution >= 4 is 12.1 Å². The lowest BCUT2D eigenvalue weighted by Crippen LogP contribution is -2.28. The predicted octanol–water partition coefficient (Wildman–Crippen LogP) is 0.863. The molecule has 1 aliphatic heterocycles. The van der Waals surface area contributed by atoms with Gasteiger partial charge in [0.2, 0.25) is 6.10 Å². The quantitative estimate of drug-likeness (QED) is 0.615. The van der Waals surface area contributed by atoms with Crippen molar-refractivity contribution in [3.05, 3.63) is 0 Å². The van der Waals surface area contributed by atoms with Gasteiger partial charge in [0, 0.05) is 0 Å². The number of hydrogen-bond donors (Lipinski definition) is 0. The zero-order valence-electron chi connectivity index (χ0n) is 7.61. The van der Waals surface area contributed by atoms with Gasteiger partial charge in [-0.1, -0.05) is 6.92 Å². The van der Waals surface area contributed by atoms with E-state index < -0.39 is 18.2 Å². The van der Waals surface area contributed by atoms with Gasteiger partial charge in [-0.2, -0.15) is 0 Å². The molecule has 5 nitrogen and oxygen atoms in total. The largest absolute Gasteiger partial charge is 0.509 e. The van der Waals surface area contributed by atoms with Crippen LogP contribution in [-0.2, 0) is 19.0 Å². The zero-order valence-corrected chi connectivity index (χ0v) is 7.61. The normalized spacial score (nSPS) is 23.2. The van der Waals surface area contributed by atoms with E-state index in [0.717, 1.165) is 6.42 Å². The molecular formula is C8H12O5. The topological polar surface area (TPSA) is 61.8 Å². The Hall–Kier alpha value is -1.26. The minimum absolute atomic E-state index is 0.0475. The average molecular weight is 188 g/mol. The Balaban J connectivity index is 2.35. The van der Waals surface area contributed by atoms with E-state index in [0.29, 0.717) is 0 Å². The fourth-order valence-corrected chi connectivity index (χ4v) is 0.802. The van der Waals surface area contributed by atoms with Crippen molar-refractivity contribution in [3.63, 3.8) is 0 Å². The molecule has 1 saturated heterocycles. The number of hydrogen-bond acceptors (Lipinski definition) is 5. The lowest BCUT2D eigenvalue weighted by molar-refractivity contribution is -0.156. The Labute approximate surface area is 76.0 Å². The van der Waals surface area contributed by atoms with Gasteiger partial charge in [0.05, 0.1) is 6.10 Å². The van der Waals surface area contributed by atoms with Crippen LogP contribution < -0.4 is 0 Å². The first-order chi connectivity index (χ1) is 6.13. The highest BCUT2D eigenvalue weighted by Crippen LogP contribution is 2.09. The van der Waals surface area contributed by atoms with Gasteiger partial charge in [-0.15, -0.1) is 0 Å². The summed E-state index contributed by atoms with van der Waals surface area (Å²) in [5.41, 5.74) is 0. The standard InChI is InChI=1S/C8H12O5/c1-3-5(2)12-7(9)6-4-11-8(10)13-6/h5-6H,3-4H2,1-2H3. The number of ether oxygens (including phenoxy) is 3. The minimum atomic E-state index is -0.888. The van der Waals surface area contributed by atoms with Crippen molar-refractivity contribution in [2.24, 2.45) is 0 Å². The first-order valence-electron chi connectivity index (χ1n) is 4.17. The third kappa shape index (κ3) is 2.61. The summed E-state index contributed by atoms with van der Waals surface area (Å²) in [6, 6.07) is 0. The van der Waals surface area contributed by atoms with Crippen LogP contribution in [0.2, 0.25) is 0 Å². The van der Waals surface area contributed by atoms with Crippen LogP contribution in [0.4, 0.5) is 4.79 Å². The fraction of sp³-hybridized carbons (Fsp3) is 0.750. The summed E-state index contributed by atoms with van der Waals surface area (Å²) < 4.78 is 13.9. The molecule has 2 unspecified atom stereocenters. The van der Waals surface area contributed by atoms with Crippen molar-refractivity contribution < 1.29 is 23.8 Å². The minimum Gasteiger partial charge on any atom is -0.460 e. The van der Waals surface area contributed by atoms with Gasteiger partial charge >= 0.3 is 12.1 Å². The smallest absolute Gasteiger partial charge is 0.460 e. The second-order valence-corrected chi connectivity index (χ2v) is 2.82. The number of esters is 1. The van der Waals surface area contributed by atoms with Gasteiger partial charge in [0.1, 0.15) is 6.61 Å². The highest BCUT2D eigenvalue weighted by molar-refractivity contribution is 5.79. The van der Waals surface area contributed by atoms with Crippen molar-refractivity contribution in [1.82, 2.24) is 0 Å². The number of cyclic esters (lactones) is 2. The Morgan fingerprint density at radius 1 is 1.77 bits per heavy atom. The van der Waals surface area contributed by atoms with Crippen LogP contribution in [0.15, 0.2) is 0 Å². The summed E-state index contributed by atoms with van der Waals surface area (Å²) in [5.74, 6) is -0.541. The van der Waals surface area contributed by atoms with Crippen LogP contribution in [0.3, 0.4) is 0 Å². The summed E-state index contributed by atoms with van der Waals surface area (Å²) >= 11 is 0. The lowest BCUT2D eigenvalue weighted by atomic mass is 10.3. The van der Waals surface area contributed by atoms with Crippen molar-refractivity contribution in [1.29, 1.82) is 0 Å². The molecule has 0 saturated carbocycles. The zero-order chi connectivity index (χ0) is 9.84. The van der Waals surface area contributed by atoms with E-state index in [1.807, 2.05) is 6.92 Å². The molecule has 1 heterocycles. The lowest BCUT2D eigenvalue weighted by Gasteiger charge is -2.12. The molecule has 13 heavy (non-hydrogen) atoms. The molecule has 1 fully saturated rings. The summed E-state index contributed by atoms with van der Waals surface area (Å²) in [6.45, 7) is 3.62. The molecule has 0 N–H and O–H groups in total. The number of rotatable bonds is 3. The maximum atomic E-state index is 11.2. The molecule has 5 heteroatoms. The third-order valence-corrected chi connectivity index (χ3v) is 1.75. The molecule has 0 bridgehead atoms. The predicted molar refractivity (Wildman–Crippen MR) is 42.1 cm³/mol. The molecule has 0 aromatic rings. The average Bonchev–Trinajstić information content (AvgIpc) is 2.51. The van der Waals surface area contributed by atoms with E-state index in [4.69, 9.17) is 4.74 Å².